The van der Waals surface area contributed by atoms with Crippen LogP contribution in [0.4, 0.5) is 0 Å². The molecule has 2 aromatic rings. The predicted octanol–water partition coefficient (Wildman–Crippen LogP) is 1.77. The molecule has 5 heteroatoms. The van der Waals surface area contributed by atoms with Crippen LogP contribution in [0.5, 0.6) is 5.75 Å². The minimum Gasteiger partial charge on any atom is -0.508 e. The van der Waals surface area contributed by atoms with Gasteiger partial charge in [0.2, 0.25) is 11.7 Å². The minimum atomic E-state index is 0.203. The SMILES string of the molecule is CC1CNCC1c1nc(-c2cccc(O)c2)no1. The molecule has 2 heterocycles. The molecule has 2 unspecified atom stereocenters. The zero-order valence-electron chi connectivity index (χ0n) is 10.1. The van der Waals surface area contributed by atoms with Crippen LogP contribution < -0.4 is 5.32 Å². The van der Waals surface area contributed by atoms with Crippen molar-refractivity contribution >= 4 is 0 Å². The van der Waals surface area contributed by atoms with E-state index in [1.54, 1.807) is 18.2 Å². The van der Waals surface area contributed by atoms with Crippen molar-refractivity contribution in [1.29, 1.82) is 0 Å². The molecule has 94 valence electrons. The molecule has 1 aliphatic rings. The molecule has 2 N–H and O–H groups in total. The number of phenolic OH excluding ortho intramolecular Hbond substituents is 1. The summed E-state index contributed by atoms with van der Waals surface area (Å²) in [5.74, 6) is 2.19. The van der Waals surface area contributed by atoms with Gasteiger partial charge in [0, 0.05) is 12.1 Å². The van der Waals surface area contributed by atoms with Crippen LogP contribution in [0.25, 0.3) is 11.4 Å². The van der Waals surface area contributed by atoms with E-state index in [4.69, 9.17) is 4.52 Å². The minimum absolute atomic E-state index is 0.203. The largest absolute Gasteiger partial charge is 0.508 e. The second-order valence-electron chi connectivity index (χ2n) is 4.75. The van der Waals surface area contributed by atoms with E-state index in [0.29, 0.717) is 17.6 Å². The lowest BCUT2D eigenvalue weighted by atomic mass is 9.98. The molecule has 5 nitrogen and oxygen atoms in total. The summed E-state index contributed by atoms with van der Waals surface area (Å²) >= 11 is 0. The Morgan fingerprint density at radius 3 is 3.00 bits per heavy atom. The van der Waals surface area contributed by atoms with E-state index in [1.807, 2.05) is 6.07 Å². The number of rotatable bonds is 2. The summed E-state index contributed by atoms with van der Waals surface area (Å²) in [4.78, 5) is 4.43. The van der Waals surface area contributed by atoms with E-state index in [0.717, 1.165) is 18.7 Å². The normalized spacial score (nSPS) is 23.4. The van der Waals surface area contributed by atoms with Crippen LogP contribution in [-0.4, -0.2) is 28.3 Å². The van der Waals surface area contributed by atoms with Gasteiger partial charge in [-0.2, -0.15) is 4.98 Å². The average Bonchev–Trinajstić information content (AvgIpc) is 2.97. The monoisotopic (exact) mass is 245 g/mol. The molecule has 1 saturated heterocycles. The van der Waals surface area contributed by atoms with Crippen LogP contribution in [0.3, 0.4) is 0 Å². The Morgan fingerprint density at radius 1 is 1.39 bits per heavy atom. The lowest BCUT2D eigenvalue weighted by molar-refractivity contribution is 0.340. The maximum absolute atomic E-state index is 9.44. The van der Waals surface area contributed by atoms with Gasteiger partial charge >= 0.3 is 0 Å². The zero-order chi connectivity index (χ0) is 12.5. The van der Waals surface area contributed by atoms with Crippen molar-refractivity contribution in [3.8, 4) is 17.1 Å². The van der Waals surface area contributed by atoms with Crippen molar-refractivity contribution in [2.45, 2.75) is 12.8 Å². The van der Waals surface area contributed by atoms with E-state index in [2.05, 4.69) is 22.4 Å². The molecule has 3 rings (SSSR count). The first-order valence-electron chi connectivity index (χ1n) is 6.08. The van der Waals surface area contributed by atoms with Crippen LogP contribution in [0.2, 0.25) is 0 Å². The van der Waals surface area contributed by atoms with E-state index in [1.165, 1.54) is 0 Å². The molecule has 0 bridgehead atoms. The van der Waals surface area contributed by atoms with Crippen molar-refractivity contribution in [2.75, 3.05) is 13.1 Å². The molecule has 1 fully saturated rings. The molecule has 1 aliphatic heterocycles. The average molecular weight is 245 g/mol. The van der Waals surface area contributed by atoms with Gasteiger partial charge in [-0.3, -0.25) is 0 Å². The van der Waals surface area contributed by atoms with Crippen molar-refractivity contribution in [3.63, 3.8) is 0 Å². The third-order valence-corrected chi connectivity index (χ3v) is 3.38. The third-order valence-electron chi connectivity index (χ3n) is 3.38. The van der Waals surface area contributed by atoms with Crippen molar-refractivity contribution in [3.05, 3.63) is 30.2 Å². The highest BCUT2D eigenvalue weighted by molar-refractivity contribution is 5.56. The highest BCUT2D eigenvalue weighted by Crippen LogP contribution is 2.28. The van der Waals surface area contributed by atoms with E-state index >= 15 is 0 Å². The maximum Gasteiger partial charge on any atom is 0.231 e. The zero-order valence-corrected chi connectivity index (χ0v) is 10.1. The summed E-state index contributed by atoms with van der Waals surface area (Å²) in [5, 5.41) is 16.7. The molecular formula is C13H15N3O2. The summed E-state index contributed by atoms with van der Waals surface area (Å²) < 4.78 is 5.33. The van der Waals surface area contributed by atoms with Gasteiger partial charge in [0.05, 0.1) is 5.92 Å². The number of nitrogens with one attached hydrogen (secondary N) is 1. The molecule has 1 aromatic heterocycles. The Balaban J connectivity index is 1.89. The molecular weight excluding hydrogens is 230 g/mol. The number of aromatic nitrogens is 2. The fourth-order valence-corrected chi connectivity index (χ4v) is 2.29. The van der Waals surface area contributed by atoms with Gasteiger partial charge in [0.15, 0.2) is 0 Å². The molecule has 1 aromatic carbocycles. The van der Waals surface area contributed by atoms with Gasteiger partial charge < -0.3 is 14.9 Å². The van der Waals surface area contributed by atoms with Crippen molar-refractivity contribution in [2.24, 2.45) is 5.92 Å². The topological polar surface area (TPSA) is 71.2 Å². The quantitative estimate of drug-likeness (QED) is 0.843. The number of nitrogens with zero attached hydrogens (tertiary/aromatic N) is 2. The van der Waals surface area contributed by atoms with Gasteiger partial charge in [-0.15, -0.1) is 0 Å². The highest BCUT2D eigenvalue weighted by atomic mass is 16.5. The van der Waals surface area contributed by atoms with Crippen LogP contribution >= 0.6 is 0 Å². The van der Waals surface area contributed by atoms with Gasteiger partial charge in [0.1, 0.15) is 5.75 Å². The first kappa shape index (κ1) is 11.2. The highest BCUT2D eigenvalue weighted by Gasteiger charge is 2.29. The lowest BCUT2D eigenvalue weighted by Crippen LogP contribution is -2.08. The smallest absolute Gasteiger partial charge is 0.231 e. The molecule has 0 radical (unpaired) electrons. The standard InChI is InChI=1S/C13H15N3O2/c1-8-6-14-7-11(8)13-15-12(16-18-13)9-3-2-4-10(17)5-9/h2-5,8,11,14,17H,6-7H2,1H3. The second kappa shape index (κ2) is 4.42. The number of hydrogen-bond acceptors (Lipinski definition) is 5. The van der Waals surface area contributed by atoms with E-state index in [-0.39, 0.29) is 11.7 Å². The van der Waals surface area contributed by atoms with Crippen LogP contribution in [0.1, 0.15) is 18.7 Å². The van der Waals surface area contributed by atoms with E-state index in [9.17, 15) is 5.11 Å². The third kappa shape index (κ3) is 1.97. The number of phenols is 1. The number of hydrogen-bond donors (Lipinski definition) is 2. The molecule has 18 heavy (non-hydrogen) atoms. The molecule has 0 amide bonds. The lowest BCUT2D eigenvalue weighted by Gasteiger charge is -2.07. The van der Waals surface area contributed by atoms with E-state index < -0.39 is 0 Å². The molecule has 0 saturated carbocycles. The van der Waals surface area contributed by atoms with Crippen LogP contribution in [0, 0.1) is 5.92 Å². The van der Waals surface area contributed by atoms with Gasteiger partial charge in [-0.1, -0.05) is 24.2 Å². The summed E-state index contributed by atoms with van der Waals surface area (Å²) in [6.45, 7) is 4.03. The Morgan fingerprint density at radius 2 is 2.28 bits per heavy atom. The van der Waals surface area contributed by atoms with Crippen LogP contribution in [0.15, 0.2) is 28.8 Å². The summed E-state index contributed by atoms with van der Waals surface area (Å²) in [6, 6.07) is 6.86. The Kier molecular flexibility index (Phi) is 2.76. The molecule has 0 aliphatic carbocycles. The van der Waals surface area contributed by atoms with Gasteiger partial charge in [0.25, 0.3) is 0 Å². The predicted molar refractivity (Wildman–Crippen MR) is 66.2 cm³/mol. The Hall–Kier alpha value is -1.88. The second-order valence-corrected chi connectivity index (χ2v) is 4.75. The van der Waals surface area contributed by atoms with Gasteiger partial charge in [-0.05, 0) is 24.6 Å². The number of benzene rings is 1. The summed E-state index contributed by atoms with van der Waals surface area (Å²) in [7, 11) is 0. The Bertz CT molecular complexity index is 553. The fourth-order valence-electron chi connectivity index (χ4n) is 2.29. The molecule has 0 spiro atoms. The first-order valence-corrected chi connectivity index (χ1v) is 6.08. The fraction of sp³-hybridized carbons (Fsp3) is 0.385. The Labute approximate surface area is 105 Å². The van der Waals surface area contributed by atoms with Crippen LogP contribution in [-0.2, 0) is 0 Å². The van der Waals surface area contributed by atoms with Gasteiger partial charge in [-0.25, -0.2) is 0 Å². The van der Waals surface area contributed by atoms with Crippen molar-refractivity contribution in [1.82, 2.24) is 15.5 Å². The first-order chi connectivity index (χ1) is 8.74. The molecule has 2 atom stereocenters. The summed E-state index contributed by atoms with van der Waals surface area (Å²) in [5.41, 5.74) is 0.767. The van der Waals surface area contributed by atoms with Crippen molar-refractivity contribution < 1.29 is 9.63 Å². The summed E-state index contributed by atoms with van der Waals surface area (Å²) in [6.07, 6.45) is 0. The maximum atomic E-state index is 9.44. The number of aromatic hydroxyl groups is 1.